The fourth-order valence-electron chi connectivity index (χ4n) is 3.10. The van der Waals surface area contributed by atoms with Crippen molar-refractivity contribution in [3.8, 4) is 0 Å². The average molecular weight is 196 g/mol. The maximum Gasteiger partial charge on any atom is 0.0348 e. The third kappa shape index (κ3) is 1.96. The third-order valence-electron chi connectivity index (χ3n) is 4.20. The minimum atomic E-state index is 0.814. The molecule has 1 unspecified atom stereocenters. The first-order valence-electron chi connectivity index (χ1n) is 6.29. The fourth-order valence-corrected chi connectivity index (χ4v) is 3.10. The van der Waals surface area contributed by atoms with Crippen molar-refractivity contribution in [2.45, 2.75) is 51.6 Å². The lowest BCUT2D eigenvalue weighted by atomic mass is 9.95. The van der Waals surface area contributed by atoms with Crippen LogP contribution in [-0.4, -0.2) is 36.6 Å². The Hall–Kier alpha value is -0.0800. The zero-order chi connectivity index (χ0) is 9.97. The van der Waals surface area contributed by atoms with Gasteiger partial charge in [-0.15, -0.1) is 0 Å². The van der Waals surface area contributed by atoms with Gasteiger partial charge in [0.15, 0.2) is 0 Å². The molecule has 2 aliphatic rings. The van der Waals surface area contributed by atoms with Gasteiger partial charge in [-0.25, -0.2) is 0 Å². The minimum absolute atomic E-state index is 0.814. The summed E-state index contributed by atoms with van der Waals surface area (Å²) in [6, 6.07) is 1.64. The van der Waals surface area contributed by atoms with Crippen LogP contribution in [0.3, 0.4) is 0 Å². The van der Waals surface area contributed by atoms with Crippen LogP contribution in [0, 0.1) is 5.92 Å². The Morgan fingerprint density at radius 2 is 1.93 bits per heavy atom. The van der Waals surface area contributed by atoms with Crippen LogP contribution in [0.4, 0.5) is 0 Å². The number of nitrogens with zero attached hydrogens (tertiary/aromatic N) is 1. The van der Waals surface area contributed by atoms with Gasteiger partial charge in [-0.1, -0.05) is 19.8 Å². The molecule has 0 aromatic rings. The van der Waals surface area contributed by atoms with Crippen molar-refractivity contribution in [2.75, 3.05) is 19.6 Å². The number of hydrogen-bond acceptors (Lipinski definition) is 2. The van der Waals surface area contributed by atoms with Crippen molar-refractivity contribution in [1.82, 2.24) is 10.2 Å². The van der Waals surface area contributed by atoms with Crippen LogP contribution in [0.25, 0.3) is 0 Å². The molecule has 1 aliphatic carbocycles. The number of hydrogen-bond donors (Lipinski definition) is 1. The van der Waals surface area contributed by atoms with E-state index in [1.54, 1.807) is 0 Å². The van der Waals surface area contributed by atoms with Crippen molar-refractivity contribution >= 4 is 0 Å². The van der Waals surface area contributed by atoms with Gasteiger partial charge in [0.05, 0.1) is 0 Å². The predicted octanol–water partition coefficient (Wildman–Crippen LogP) is 1.86. The molecule has 82 valence electrons. The van der Waals surface area contributed by atoms with E-state index in [0.717, 1.165) is 18.0 Å². The van der Waals surface area contributed by atoms with Crippen molar-refractivity contribution in [3.05, 3.63) is 0 Å². The predicted molar refractivity (Wildman–Crippen MR) is 60.5 cm³/mol. The lowest BCUT2D eigenvalue weighted by molar-refractivity contribution is 0.0782. The van der Waals surface area contributed by atoms with Gasteiger partial charge in [-0.2, -0.15) is 0 Å². The van der Waals surface area contributed by atoms with Crippen molar-refractivity contribution < 1.29 is 0 Å². The summed E-state index contributed by atoms with van der Waals surface area (Å²) in [5, 5.41) is 3.38. The Kier molecular flexibility index (Phi) is 3.45. The maximum atomic E-state index is 3.38. The van der Waals surface area contributed by atoms with Crippen LogP contribution >= 0.6 is 0 Å². The Morgan fingerprint density at radius 1 is 1.29 bits per heavy atom. The highest BCUT2D eigenvalue weighted by Crippen LogP contribution is 2.31. The molecule has 1 saturated carbocycles. The maximum absolute atomic E-state index is 3.38. The quantitative estimate of drug-likeness (QED) is 0.738. The summed E-state index contributed by atoms with van der Waals surface area (Å²) >= 11 is 0. The fraction of sp³-hybridized carbons (Fsp3) is 1.00. The minimum Gasteiger partial charge on any atom is -0.314 e. The first-order valence-corrected chi connectivity index (χ1v) is 6.29. The zero-order valence-electron chi connectivity index (χ0n) is 9.63. The molecule has 1 aliphatic heterocycles. The smallest absolute Gasteiger partial charge is 0.0348 e. The second kappa shape index (κ2) is 4.63. The van der Waals surface area contributed by atoms with Gasteiger partial charge in [-0.05, 0) is 32.2 Å². The van der Waals surface area contributed by atoms with Gasteiger partial charge in [0.25, 0.3) is 0 Å². The lowest BCUT2D eigenvalue weighted by Gasteiger charge is -2.43. The van der Waals surface area contributed by atoms with E-state index in [-0.39, 0.29) is 0 Å². The van der Waals surface area contributed by atoms with Gasteiger partial charge in [0.1, 0.15) is 0 Å². The highest BCUT2D eigenvalue weighted by Gasteiger charge is 2.32. The molecule has 1 atom stereocenters. The molecule has 2 fully saturated rings. The molecule has 0 aromatic carbocycles. The third-order valence-corrected chi connectivity index (χ3v) is 4.20. The Bertz CT molecular complexity index is 171. The standard InChI is InChI=1S/C12H24N2/c1-3-14(12-8-13-9-12)10(2)11-6-4-5-7-11/h10-13H,3-9H2,1-2H3. The molecule has 2 heteroatoms. The largest absolute Gasteiger partial charge is 0.314 e. The van der Waals surface area contributed by atoms with E-state index in [0.29, 0.717) is 0 Å². The summed E-state index contributed by atoms with van der Waals surface area (Å²) in [6.07, 6.45) is 5.88. The lowest BCUT2D eigenvalue weighted by Crippen LogP contribution is -2.60. The molecule has 0 spiro atoms. The van der Waals surface area contributed by atoms with Crippen molar-refractivity contribution in [2.24, 2.45) is 5.92 Å². The molecule has 1 heterocycles. The number of nitrogens with one attached hydrogen (secondary N) is 1. The molecule has 0 bridgehead atoms. The topological polar surface area (TPSA) is 15.3 Å². The van der Waals surface area contributed by atoms with E-state index >= 15 is 0 Å². The number of rotatable bonds is 4. The Balaban J connectivity index is 1.88. The van der Waals surface area contributed by atoms with E-state index in [1.165, 1.54) is 45.3 Å². The van der Waals surface area contributed by atoms with Gasteiger partial charge >= 0.3 is 0 Å². The molecule has 14 heavy (non-hydrogen) atoms. The van der Waals surface area contributed by atoms with E-state index < -0.39 is 0 Å². The van der Waals surface area contributed by atoms with Gasteiger partial charge in [-0.3, -0.25) is 4.90 Å². The normalized spacial score (nSPS) is 26.8. The SMILES string of the molecule is CCN(C1CNC1)C(C)C1CCCC1. The van der Waals surface area contributed by atoms with Crippen LogP contribution in [0.15, 0.2) is 0 Å². The monoisotopic (exact) mass is 196 g/mol. The van der Waals surface area contributed by atoms with E-state index in [2.05, 4.69) is 24.1 Å². The highest BCUT2D eigenvalue weighted by atomic mass is 15.2. The Labute approximate surface area is 88.1 Å². The molecule has 0 aromatic heterocycles. The van der Waals surface area contributed by atoms with Gasteiger partial charge in [0, 0.05) is 25.2 Å². The van der Waals surface area contributed by atoms with E-state index in [4.69, 9.17) is 0 Å². The summed E-state index contributed by atoms with van der Waals surface area (Å²) in [5.41, 5.74) is 0. The second-order valence-corrected chi connectivity index (χ2v) is 4.93. The molecule has 2 nitrogen and oxygen atoms in total. The van der Waals surface area contributed by atoms with Crippen LogP contribution in [0.2, 0.25) is 0 Å². The van der Waals surface area contributed by atoms with Crippen molar-refractivity contribution in [3.63, 3.8) is 0 Å². The molecule has 1 N–H and O–H groups in total. The Morgan fingerprint density at radius 3 is 2.36 bits per heavy atom. The molecule has 1 saturated heterocycles. The van der Waals surface area contributed by atoms with Crippen LogP contribution < -0.4 is 5.32 Å². The second-order valence-electron chi connectivity index (χ2n) is 4.93. The molecule has 0 amide bonds. The molecular formula is C12H24N2. The molecule has 0 radical (unpaired) electrons. The van der Waals surface area contributed by atoms with Crippen LogP contribution in [-0.2, 0) is 0 Å². The van der Waals surface area contributed by atoms with E-state index in [1.807, 2.05) is 0 Å². The average Bonchev–Trinajstić information content (AvgIpc) is 2.62. The first-order chi connectivity index (χ1) is 6.83. The van der Waals surface area contributed by atoms with Crippen LogP contribution in [0.1, 0.15) is 39.5 Å². The summed E-state index contributed by atoms with van der Waals surface area (Å²) in [4.78, 5) is 2.71. The van der Waals surface area contributed by atoms with Gasteiger partial charge in [0.2, 0.25) is 0 Å². The first kappa shape index (κ1) is 10.4. The summed E-state index contributed by atoms with van der Waals surface area (Å²) < 4.78 is 0. The summed E-state index contributed by atoms with van der Waals surface area (Å²) in [6.45, 7) is 8.40. The van der Waals surface area contributed by atoms with Gasteiger partial charge < -0.3 is 5.32 Å². The summed E-state index contributed by atoms with van der Waals surface area (Å²) in [7, 11) is 0. The number of likely N-dealkylation sites (N-methyl/N-ethyl adjacent to an activating group) is 1. The van der Waals surface area contributed by atoms with E-state index in [9.17, 15) is 0 Å². The highest BCUT2D eigenvalue weighted by molar-refractivity contribution is 4.89. The molecular weight excluding hydrogens is 172 g/mol. The van der Waals surface area contributed by atoms with Crippen molar-refractivity contribution in [1.29, 1.82) is 0 Å². The zero-order valence-corrected chi connectivity index (χ0v) is 9.63. The van der Waals surface area contributed by atoms with Crippen LogP contribution in [0.5, 0.6) is 0 Å². The summed E-state index contributed by atoms with van der Waals surface area (Å²) in [5.74, 6) is 0.982. The molecule has 2 rings (SSSR count).